The lowest BCUT2D eigenvalue weighted by atomic mass is 10.0. The van der Waals surface area contributed by atoms with Crippen LogP contribution in [0.15, 0.2) is 36.5 Å². The van der Waals surface area contributed by atoms with Gasteiger partial charge in [-0.2, -0.15) is 0 Å². The van der Waals surface area contributed by atoms with Crippen molar-refractivity contribution in [2.24, 2.45) is 0 Å². The Hall–Kier alpha value is -2.07. The summed E-state index contributed by atoms with van der Waals surface area (Å²) in [6, 6.07) is 10.3. The smallest absolute Gasteiger partial charge is 0.133 e. The van der Waals surface area contributed by atoms with E-state index in [1.54, 1.807) is 0 Å². The van der Waals surface area contributed by atoms with Gasteiger partial charge in [-0.05, 0) is 37.1 Å². The van der Waals surface area contributed by atoms with E-state index in [1.807, 2.05) is 25.3 Å². The summed E-state index contributed by atoms with van der Waals surface area (Å²) in [7, 11) is 0. The van der Waals surface area contributed by atoms with Crippen molar-refractivity contribution in [3.05, 3.63) is 52.6 Å². The highest BCUT2D eigenvalue weighted by atomic mass is 32.1. The number of nitrogens with one attached hydrogen (secondary N) is 1. The molecule has 106 valence electrons. The van der Waals surface area contributed by atoms with Crippen molar-refractivity contribution in [3.8, 4) is 11.3 Å². The van der Waals surface area contributed by atoms with Gasteiger partial charge in [-0.25, -0.2) is 4.98 Å². The molecule has 0 amide bonds. The third kappa shape index (κ3) is 2.72. The predicted octanol–water partition coefficient (Wildman–Crippen LogP) is 4.62. The largest absolute Gasteiger partial charge is 0.343 e. The van der Waals surface area contributed by atoms with Crippen LogP contribution in [0.2, 0.25) is 0 Å². The molecular weight excluding hydrogens is 278 g/mol. The first-order valence-electron chi connectivity index (χ1n) is 7.14. The topological polar surface area (TPSA) is 41.6 Å². The number of fused-ring (bicyclic) bond motifs is 1. The molecule has 0 bridgehead atoms. The van der Waals surface area contributed by atoms with E-state index in [2.05, 4.69) is 40.1 Å². The normalized spacial score (nSPS) is 11.0. The third-order valence-electron chi connectivity index (χ3n) is 3.58. The van der Waals surface area contributed by atoms with Crippen LogP contribution in [0.4, 0.5) is 0 Å². The molecule has 0 fully saturated rings. The van der Waals surface area contributed by atoms with Gasteiger partial charge in [0.2, 0.25) is 0 Å². The molecule has 0 unspecified atom stereocenters. The van der Waals surface area contributed by atoms with E-state index in [-0.39, 0.29) is 0 Å². The Morgan fingerprint density at radius 2 is 2.10 bits per heavy atom. The molecule has 3 nitrogen and oxygen atoms in total. The van der Waals surface area contributed by atoms with Gasteiger partial charge in [-0.3, -0.25) is 4.98 Å². The summed E-state index contributed by atoms with van der Waals surface area (Å²) in [6.07, 6.45) is 3.76. The summed E-state index contributed by atoms with van der Waals surface area (Å²) in [6.45, 7) is 4.16. The zero-order chi connectivity index (χ0) is 14.8. The van der Waals surface area contributed by atoms with Gasteiger partial charge in [0.15, 0.2) is 0 Å². The van der Waals surface area contributed by atoms with Gasteiger partial charge in [-0.15, -0.1) is 0 Å². The number of aromatic amines is 1. The number of aryl methyl sites for hydroxylation is 1. The number of benzene rings is 1. The van der Waals surface area contributed by atoms with E-state index in [1.165, 1.54) is 0 Å². The zero-order valence-corrected chi connectivity index (χ0v) is 13.0. The highest BCUT2D eigenvalue weighted by molar-refractivity contribution is 7.71. The molecule has 0 saturated carbocycles. The van der Waals surface area contributed by atoms with E-state index in [9.17, 15) is 0 Å². The standard InChI is InChI=1S/C17H17N3S/c1-3-5-15-19-16(11(2)17(21)20-15)13-7-8-14-12(10-13)6-4-9-18-14/h4,6-10H,3,5H2,1-2H3,(H,19,20,21). The molecule has 0 aliphatic rings. The Bertz CT molecular complexity index is 852. The number of nitrogens with zero attached hydrogens (tertiary/aromatic N) is 2. The number of aromatic nitrogens is 3. The molecule has 1 N–H and O–H groups in total. The molecule has 0 saturated heterocycles. The minimum atomic E-state index is 0.679. The average Bonchev–Trinajstić information content (AvgIpc) is 2.50. The summed E-state index contributed by atoms with van der Waals surface area (Å²) in [5.41, 5.74) is 4.21. The highest BCUT2D eigenvalue weighted by Gasteiger charge is 2.08. The molecule has 0 spiro atoms. The summed E-state index contributed by atoms with van der Waals surface area (Å²) < 4.78 is 0.679. The maximum atomic E-state index is 5.39. The molecule has 4 heteroatoms. The summed E-state index contributed by atoms with van der Waals surface area (Å²) in [4.78, 5) is 12.3. The molecule has 2 heterocycles. The van der Waals surface area contributed by atoms with Crippen LogP contribution < -0.4 is 0 Å². The number of hydrogen-bond donors (Lipinski definition) is 1. The van der Waals surface area contributed by atoms with Crippen molar-refractivity contribution in [1.29, 1.82) is 0 Å². The van der Waals surface area contributed by atoms with Gasteiger partial charge in [0.25, 0.3) is 0 Å². The van der Waals surface area contributed by atoms with Gasteiger partial charge in [-0.1, -0.05) is 31.3 Å². The molecule has 21 heavy (non-hydrogen) atoms. The summed E-state index contributed by atoms with van der Waals surface area (Å²) in [5.74, 6) is 0.953. The Morgan fingerprint density at radius 1 is 1.24 bits per heavy atom. The molecule has 2 aromatic heterocycles. The van der Waals surface area contributed by atoms with E-state index < -0.39 is 0 Å². The number of pyridine rings is 1. The first kappa shape index (κ1) is 13.9. The molecule has 3 aromatic rings. The lowest BCUT2D eigenvalue weighted by Gasteiger charge is -2.10. The van der Waals surface area contributed by atoms with Gasteiger partial charge < -0.3 is 4.98 Å². The van der Waals surface area contributed by atoms with Crippen LogP contribution in [0, 0.1) is 11.6 Å². The van der Waals surface area contributed by atoms with Crippen molar-refractivity contribution in [1.82, 2.24) is 15.0 Å². The van der Waals surface area contributed by atoms with E-state index in [0.717, 1.165) is 46.4 Å². The van der Waals surface area contributed by atoms with Crippen LogP contribution in [0.1, 0.15) is 24.7 Å². The van der Waals surface area contributed by atoms with Gasteiger partial charge in [0.05, 0.1) is 11.2 Å². The monoisotopic (exact) mass is 295 g/mol. The van der Waals surface area contributed by atoms with Gasteiger partial charge in [0, 0.05) is 23.6 Å². The number of rotatable bonds is 3. The van der Waals surface area contributed by atoms with Crippen LogP contribution in [-0.4, -0.2) is 15.0 Å². The third-order valence-corrected chi connectivity index (χ3v) is 3.98. The van der Waals surface area contributed by atoms with Crippen LogP contribution >= 0.6 is 12.2 Å². The maximum Gasteiger partial charge on any atom is 0.133 e. The summed E-state index contributed by atoms with van der Waals surface area (Å²) in [5, 5.41) is 1.13. The van der Waals surface area contributed by atoms with Crippen LogP contribution in [0.25, 0.3) is 22.2 Å². The lowest BCUT2D eigenvalue weighted by Crippen LogP contribution is -2.00. The van der Waals surface area contributed by atoms with E-state index in [4.69, 9.17) is 12.2 Å². The highest BCUT2D eigenvalue weighted by Crippen LogP contribution is 2.25. The first-order valence-corrected chi connectivity index (χ1v) is 7.55. The van der Waals surface area contributed by atoms with Crippen LogP contribution in [0.5, 0.6) is 0 Å². The van der Waals surface area contributed by atoms with Crippen molar-refractivity contribution < 1.29 is 0 Å². The molecule has 3 rings (SSSR count). The molecule has 0 radical (unpaired) electrons. The predicted molar refractivity (Wildman–Crippen MR) is 88.9 cm³/mol. The minimum absolute atomic E-state index is 0.679. The Morgan fingerprint density at radius 3 is 2.90 bits per heavy atom. The fraction of sp³-hybridized carbons (Fsp3) is 0.235. The second-order valence-electron chi connectivity index (χ2n) is 5.15. The zero-order valence-electron chi connectivity index (χ0n) is 12.2. The Labute approximate surface area is 129 Å². The average molecular weight is 295 g/mol. The lowest BCUT2D eigenvalue weighted by molar-refractivity contribution is 0.829. The molecular formula is C17H17N3S. The molecule has 0 atom stereocenters. The Kier molecular flexibility index (Phi) is 3.80. The Balaban J connectivity index is 2.19. The maximum absolute atomic E-state index is 5.39. The summed E-state index contributed by atoms with van der Waals surface area (Å²) >= 11 is 5.39. The fourth-order valence-electron chi connectivity index (χ4n) is 2.45. The minimum Gasteiger partial charge on any atom is -0.343 e. The SMILES string of the molecule is CCCc1nc(=S)c(C)c(-c2ccc3ncccc3c2)[nH]1. The molecule has 1 aromatic carbocycles. The van der Waals surface area contributed by atoms with Crippen LogP contribution in [-0.2, 0) is 6.42 Å². The van der Waals surface area contributed by atoms with Crippen molar-refractivity contribution in [3.63, 3.8) is 0 Å². The van der Waals surface area contributed by atoms with Crippen molar-refractivity contribution in [2.75, 3.05) is 0 Å². The van der Waals surface area contributed by atoms with Gasteiger partial charge >= 0.3 is 0 Å². The number of hydrogen-bond acceptors (Lipinski definition) is 3. The number of H-pyrrole nitrogens is 1. The van der Waals surface area contributed by atoms with E-state index >= 15 is 0 Å². The van der Waals surface area contributed by atoms with Gasteiger partial charge in [0.1, 0.15) is 10.5 Å². The van der Waals surface area contributed by atoms with Crippen molar-refractivity contribution >= 4 is 23.1 Å². The van der Waals surface area contributed by atoms with Crippen molar-refractivity contribution in [2.45, 2.75) is 26.7 Å². The van der Waals surface area contributed by atoms with Crippen LogP contribution in [0.3, 0.4) is 0 Å². The second kappa shape index (κ2) is 5.74. The second-order valence-corrected chi connectivity index (χ2v) is 5.54. The quantitative estimate of drug-likeness (QED) is 0.717. The first-order chi connectivity index (χ1) is 10.2. The fourth-order valence-corrected chi connectivity index (χ4v) is 2.67. The molecule has 0 aliphatic carbocycles. The molecule has 0 aliphatic heterocycles. The van der Waals surface area contributed by atoms with E-state index in [0.29, 0.717) is 4.64 Å².